The SMILES string of the molecule is CCCCC1CC(CCC(C)C)CC(CC(C)C)C1. The number of rotatable bonds is 8. The van der Waals surface area contributed by atoms with Gasteiger partial charge in [0.25, 0.3) is 0 Å². The summed E-state index contributed by atoms with van der Waals surface area (Å²) in [7, 11) is 0. The quantitative estimate of drug-likeness (QED) is 0.459. The molecule has 0 aromatic rings. The Kier molecular flexibility index (Phi) is 8.11. The predicted octanol–water partition coefficient (Wildman–Crippen LogP) is 6.69. The first-order valence-electron chi connectivity index (χ1n) is 9.01. The average Bonchev–Trinajstić information content (AvgIpc) is 2.33. The van der Waals surface area contributed by atoms with Gasteiger partial charge in [0.15, 0.2) is 0 Å². The van der Waals surface area contributed by atoms with E-state index in [-0.39, 0.29) is 0 Å². The second-order valence-corrected chi connectivity index (χ2v) is 8.05. The standard InChI is InChI=1S/C19H38/c1-6-7-8-17-12-18(10-9-15(2)3)14-19(13-17)11-16(4)5/h15-19H,6-14H2,1-5H3. The summed E-state index contributed by atoms with van der Waals surface area (Å²) >= 11 is 0. The van der Waals surface area contributed by atoms with Crippen molar-refractivity contribution in [3.63, 3.8) is 0 Å². The molecular formula is C19H38. The minimum absolute atomic E-state index is 0.888. The first-order chi connectivity index (χ1) is 9.01. The third-order valence-corrected chi connectivity index (χ3v) is 4.92. The van der Waals surface area contributed by atoms with Crippen LogP contribution >= 0.6 is 0 Å². The van der Waals surface area contributed by atoms with Crippen LogP contribution in [0.2, 0.25) is 0 Å². The van der Waals surface area contributed by atoms with Gasteiger partial charge >= 0.3 is 0 Å². The van der Waals surface area contributed by atoms with Crippen LogP contribution in [0, 0.1) is 29.6 Å². The molecule has 0 aliphatic heterocycles. The van der Waals surface area contributed by atoms with Crippen molar-refractivity contribution in [2.24, 2.45) is 29.6 Å². The molecule has 0 radical (unpaired) electrons. The van der Waals surface area contributed by atoms with E-state index in [9.17, 15) is 0 Å². The maximum Gasteiger partial charge on any atom is -0.0407 e. The molecule has 1 saturated carbocycles. The minimum Gasteiger partial charge on any atom is -0.0654 e. The summed E-state index contributed by atoms with van der Waals surface area (Å²) in [6, 6.07) is 0. The summed E-state index contributed by atoms with van der Waals surface area (Å²) in [6.45, 7) is 11.9. The number of unbranched alkanes of at least 4 members (excludes halogenated alkanes) is 1. The Morgan fingerprint density at radius 2 is 1.37 bits per heavy atom. The molecule has 1 aliphatic carbocycles. The van der Waals surface area contributed by atoms with Crippen LogP contribution in [0.15, 0.2) is 0 Å². The van der Waals surface area contributed by atoms with Gasteiger partial charge in [-0.3, -0.25) is 0 Å². The van der Waals surface area contributed by atoms with Gasteiger partial charge in [-0.05, 0) is 55.3 Å². The van der Waals surface area contributed by atoms with Gasteiger partial charge in [0, 0.05) is 0 Å². The summed E-state index contributed by atoms with van der Waals surface area (Å²) in [6.07, 6.45) is 13.4. The van der Waals surface area contributed by atoms with Crippen molar-refractivity contribution in [2.75, 3.05) is 0 Å². The Labute approximate surface area is 122 Å². The molecule has 0 spiro atoms. The van der Waals surface area contributed by atoms with Crippen LogP contribution in [0.3, 0.4) is 0 Å². The molecule has 1 fully saturated rings. The van der Waals surface area contributed by atoms with E-state index in [1.54, 1.807) is 6.42 Å². The van der Waals surface area contributed by atoms with E-state index < -0.39 is 0 Å². The number of hydrogen-bond acceptors (Lipinski definition) is 0. The molecule has 0 aromatic heterocycles. The maximum atomic E-state index is 2.40. The van der Waals surface area contributed by atoms with E-state index in [1.807, 2.05) is 0 Å². The molecule has 0 bridgehead atoms. The van der Waals surface area contributed by atoms with E-state index in [4.69, 9.17) is 0 Å². The highest BCUT2D eigenvalue weighted by atomic mass is 14.3. The third-order valence-electron chi connectivity index (χ3n) is 4.92. The highest BCUT2D eigenvalue weighted by Gasteiger charge is 2.28. The third kappa shape index (κ3) is 7.37. The fourth-order valence-electron chi connectivity index (χ4n) is 4.10. The van der Waals surface area contributed by atoms with E-state index >= 15 is 0 Å². The summed E-state index contributed by atoms with van der Waals surface area (Å²) in [5.41, 5.74) is 0. The zero-order valence-corrected chi connectivity index (χ0v) is 14.3. The molecule has 0 saturated heterocycles. The van der Waals surface area contributed by atoms with Gasteiger partial charge in [-0.2, -0.15) is 0 Å². The summed E-state index contributed by atoms with van der Waals surface area (Å²) in [5.74, 6) is 4.91. The molecule has 3 atom stereocenters. The molecule has 1 aliphatic rings. The lowest BCUT2D eigenvalue weighted by Gasteiger charge is -2.36. The molecule has 1 rings (SSSR count). The van der Waals surface area contributed by atoms with Crippen molar-refractivity contribution < 1.29 is 0 Å². The van der Waals surface area contributed by atoms with E-state index in [1.165, 1.54) is 51.4 Å². The fourth-order valence-corrected chi connectivity index (χ4v) is 4.10. The van der Waals surface area contributed by atoms with Crippen LogP contribution in [0.1, 0.15) is 92.4 Å². The highest BCUT2D eigenvalue weighted by Crippen LogP contribution is 2.40. The van der Waals surface area contributed by atoms with Crippen LogP contribution < -0.4 is 0 Å². The summed E-state index contributed by atoms with van der Waals surface area (Å²) < 4.78 is 0. The predicted molar refractivity (Wildman–Crippen MR) is 87.4 cm³/mol. The van der Waals surface area contributed by atoms with Crippen molar-refractivity contribution in [1.29, 1.82) is 0 Å². The van der Waals surface area contributed by atoms with Crippen molar-refractivity contribution in [1.82, 2.24) is 0 Å². The Bertz CT molecular complexity index is 216. The maximum absolute atomic E-state index is 2.40. The first-order valence-corrected chi connectivity index (χ1v) is 9.01. The Morgan fingerprint density at radius 1 is 0.789 bits per heavy atom. The van der Waals surface area contributed by atoms with E-state index in [2.05, 4.69) is 34.6 Å². The molecule has 0 N–H and O–H groups in total. The lowest BCUT2D eigenvalue weighted by Crippen LogP contribution is -2.24. The average molecular weight is 267 g/mol. The van der Waals surface area contributed by atoms with Crippen molar-refractivity contribution >= 4 is 0 Å². The van der Waals surface area contributed by atoms with Gasteiger partial charge in [-0.25, -0.2) is 0 Å². The zero-order chi connectivity index (χ0) is 14.3. The smallest absolute Gasteiger partial charge is 0.0407 e. The van der Waals surface area contributed by atoms with Crippen molar-refractivity contribution in [2.45, 2.75) is 92.4 Å². The van der Waals surface area contributed by atoms with Crippen LogP contribution in [0.5, 0.6) is 0 Å². The summed E-state index contributed by atoms with van der Waals surface area (Å²) in [4.78, 5) is 0. The lowest BCUT2D eigenvalue weighted by molar-refractivity contribution is 0.154. The molecule has 0 heteroatoms. The van der Waals surface area contributed by atoms with E-state index in [0.717, 1.165) is 29.6 Å². The monoisotopic (exact) mass is 266 g/mol. The zero-order valence-electron chi connectivity index (χ0n) is 14.3. The summed E-state index contributed by atoms with van der Waals surface area (Å²) in [5, 5.41) is 0. The highest BCUT2D eigenvalue weighted by molar-refractivity contribution is 4.80. The molecule has 0 heterocycles. The first kappa shape index (κ1) is 17.1. The lowest BCUT2D eigenvalue weighted by atomic mass is 9.70. The van der Waals surface area contributed by atoms with Gasteiger partial charge < -0.3 is 0 Å². The van der Waals surface area contributed by atoms with Gasteiger partial charge in [0.2, 0.25) is 0 Å². The molecular weight excluding hydrogens is 228 g/mol. The molecule has 3 unspecified atom stereocenters. The van der Waals surface area contributed by atoms with Crippen LogP contribution in [0.25, 0.3) is 0 Å². The Morgan fingerprint density at radius 3 is 1.89 bits per heavy atom. The van der Waals surface area contributed by atoms with Crippen LogP contribution in [0.4, 0.5) is 0 Å². The Hall–Kier alpha value is 0. The molecule has 114 valence electrons. The molecule has 19 heavy (non-hydrogen) atoms. The second kappa shape index (κ2) is 9.03. The molecule has 0 amide bonds. The van der Waals surface area contributed by atoms with Crippen molar-refractivity contribution in [3.05, 3.63) is 0 Å². The molecule has 0 aromatic carbocycles. The van der Waals surface area contributed by atoms with Crippen molar-refractivity contribution in [3.8, 4) is 0 Å². The van der Waals surface area contributed by atoms with Crippen LogP contribution in [-0.2, 0) is 0 Å². The molecule has 0 nitrogen and oxygen atoms in total. The van der Waals surface area contributed by atoms with Gasteiger partial charge in [0.05, 0.1) is 0 Å². The normalized spacial score (nSPS) is 28.3. The minimum atomic E-state index is 0.888. The Balaban J connectivity index is 2.45. The van der Waals surface area contributed by atoms with E-state index in [0.29, 0.717) is 0 Å². The number of hydrogen-bond donors (Lipinski definition) is 0. The second-order valence-electron chi connectivity index (χ2n) is 8.05. The van der Waals surface area contributed by atoms with Gasteiger partial charge in [0.1, 0.15) is 0 Å². The topological polar surface area (TPSA) is 0 Å². The van der Waals surface area contributed by atoms with Gasteiger partial charge in [-0.15, -0.1) is 0 Å². The van der Waals surface area contributed by atoms with Gasteiger partial charge in [-0.1, -0.05) is 66.7 Å². The largest absolute Gasteiger partial charge is 0.0654 e. The fraction of sp³-hybridized carbons (Fsp3) is 1.00. The van der Waals surface area contributed by atoms with Crippen LogP contribution in [-0.4, -0.2) is 0 Å².